The third kappa shape index (κ3) is 6.94. The Labute approximate surface area is 220 Å². The maximum absolute atomic E-state index is 14.9. The average Bonchev–Trinajstić information content (AvgIpc) is 2.91. The summed E-state index contributed by atoms with van der Waals surface area (Å²) in [5.41, 5.74) is 4.36. The second-order valence-corrected chi connectivity index (χ2v) is 10.6. The van der Waals surface area contributed by atoms with Gasteiger partial charge in [-0.05, 0) is 85.1 Å². The lowest BCUT2D eigenvalue weighted by Gasteiger charge is -2.27. The first-order valence-corrected chi connectivity index (χ1v) is 14.0. The molecule has 3 heteroatoms. The third-order valence-corrected chi connectivity index (χ3v) is 7.81. The quantitative estimate of drug-likeness (QED) is 0.241. The van der Waals surface area contributed by atoms with Gasteiger partial charge in [0, 0.05) is 11.1 Å². The summed E-state index contributed by atoms with van der Waals surface area (Å²) in [5, 5.41) is 0. The van der Waals surface area contributed by atoms with Gasteiger partial charge >= 0.3 is 0 Å². The molecule has 1 aliphatic rings. The van der Waals surface area contributed by atoms with E-state index in [9.17, 15) is 13.2 Å². The molecule has 0 unspecified atom stereocenters. The summed E-state index contributed by atoms with van der Waals surface area (Å²) in [6.45, 7) is 4.29. The molecule has 0 saturated heterocycles. The van der Waals surface area contributed by atoms with Crippen molar-refractivity contribution in [2.45, 2.75) is 84.0 Å². The van der Waals surface area contributed by atoms with Crippen LogP contribution in [0.2, 0.25) is 0 Å². The molecule has 1 fully saturated rings. The molecular formula is C34H39F3. The SMILES string of the molecule is CCCCCc1ccc(C2CCC(C=Cc3ccc(-c4ccc(CCC)cc4)c(F)c3F)CC2)c(F)c1. The molecule has 0 radical (unpaired) electrons. The number of hydrogen-bond acceptors (Lipinski definition) is 0. The van der Waals surface area contributed by atoms with Crippen molar-refractivity contribution in [2.24, 2.45) is 5.92 Å². The van der Waals surface area contributed by atoms with Crippen molar-refractivity contribution < 1.29 is 13.2 Å². The van der Waals surface area contributed by atoms with Crippen LogP contribution < -0.4 is 0 Å². The fourth-order valence-corrected chi connectivity index (χ4v) is 5.55. The second kappa shape index (κ2) is 13.1. The first-order chi connectivity index (χ1) is 18.0. The highest BCUT2D eigenvalue weighted by atomic mass is 19.2. The van der Waals surface area contributed by atoms with Crippen LogP contribution in [0.15, 0.2) is 60.7 Å². The zero-order valence-electron chi connectivity index (χ0n) is 22.2. The van der Waals surface area contributed by atoms with Gasteiger partial charge in [-0.1, -0.05) is 93.8 Å². The minimum atomic E-state index is -0.804. The molecule has 37 heavy (non-hydrogen) atoms. The van der Waals surface area contributed by atoms with E-state index < -0.39 is 11.6 Å². The number of allylic oxidation sites excluding steroid dienone is 1. The van der Waals surface area contributed by atoms with Gasteiger partial charge in [-0.25, -0.2) is 13.2 Å². The largest absolute Gasteiger partial charge is 0.207 e. The molecule has 0 spiro atoms. The highest BCUT2D eigenvalue weighted by molar-refractivity contribution is 5.67. The van der Waals surface area contributed by atoms with Gasteiger partial charge in [-0.2, -0.15) is 0 Å². The predicted molar refractivity (Wildman–Crippen MR) is 149 cm³/mol. The van der Waals surface area contributed by atoms with Gasteiger partial charge in [0.05, 0.1) is 0 Å². The van der Waals surface area contributed by atoms with Crippen LogP contribution in [0.3, 0.4) is 0 Å². The molecule has 196 valence electrons. The molecule has 0 atom stereocenters. The summed E-state index contributed by atoms with van der Waals surface area (Å²) in [5.74, 6) is -1.16. The first kappa shape index (κ1) is 27.2. The third-order valence-electron chi connectivity index (χ3n) is 7.81. The van der Waals surface area contributed by atoms with E-state index >= 15 is 0 Å². The molecule has 0 heterocycles. The Kier molecular flexibility index (Phi) is 9.66. The Bertz CT molecular complexity index is 1180. The molecule has 0 aromatic heterocycles. The highest BCUT2D eigenvalue weighted by Gasteiger charge is 2.23. The van der Waals surface area contributed by atoms with Gasteiger partial charge in [0.1, 0.15) is 5.82 Å². The van der Waals surface area contributed by atoms with E-state index in [2.05, 4.69) is 19.9 Å². The van der Waals surface area contributed by atoms with Crippen LogP contribution in [0.5, 0.6) is 0 Å². The van der Waals surface area contributed by atoms with E-state index in [0.717, 1.165) is 62.5 Å². The van der Waals surface area contributed by atoms with Gasteiger partial charge in [0.25, 0.3) is 0 Å². The molecule has 4 rings (SSSR count). The molecule has 1 saturated carbocycles. The van der Waals surface area contributed by atoms with Crippen molar-refractivity contribution in [3.63, 3.8) is 0 Å². The Morgan fingerprint density at radius 1 is 0.730 bits per heavy atom. The van der Waals surface area contributed by atoms with Crippen molar-refractivity contribution in [2.75, 3.05) is 0 Å². The molecule has 3 aromatic rings. The molecule has 0 N–H and O–H groups in total. The fourth-order valence-electron chi connectivity index (χ4n) is 5.55. The van der Waals surface area contributed by atoms with Crippen molar-refractivity contribution in [1.82, 2.24) is 0 Å². The molecule has 0 bridgehead atoms. The number of hydrogen-bond donors (Lipinski definition) is 0. The van der Waals surface area contributed by atoms with E-state index in [1.54, 1.807) is 24.3 Å². The zero-order chi connectivity index (χ0) is 26.2. The van der Waals surface area contributed by atoms with Crippen LogP contribution in [-0.4, -0.2) is 0 Å². The lowest BCUT2D eigenvalue weighted by molar-refractivity contribution is 0.369. The number of aryl methyl sites for hydroxylation is 2. The summed E-state index contributed by atoms with van der Waals surface area (Å²) in [6, 6.07) is 16.8. The summed E-state index contributed by atoms with van der Waals surface area (Å²) >= 11 is 0. The Morgan fingerprint density at radius 3 is 2.14 bits per heavy atom. The number of benzene rings is 3. The van der Waals surface area contributed by atoms with E-state index in [1.165, 1.54) is 18.4 Å². The Morgan fingerprint density at radius 2 is 1.46 bits per heavy atom. The molecule has 3 aromatic carbocycles. The predicted octanol–water partition coefficient (Wildman–Crippen LogP) is 10.4. The summed E-state index contributed by atoms with van der Waals surface area (Å²) in [6.07, 6.45) is 13.8. The summed E-state index contributed by atoms with van der Waals surface area (Å²) in [4.78, 5) is 0. The molecular weight excluding hydrogens is 465 g/mol. The van der Waals surface area contributed by atoms with Crippen LogP contribution in [0.4, 0.5) is 13.2 Å². The minimum absolute atomic E-state index is 0.0781. The van der Waals surface area contributed by atoms with Gasteiger partial charge in [0.2, 0.25) is 0 Å². The summed E-state index contributed by atoms with van der Waals surface area (Å²) < 4.78 is 44.6. The second-order valence-electron chi connectivity index (χ2n) is 10.6. The fraction of sp³-hybridized carbons (Fsp3) is 0.412. The topological polar surface area (TPSA) is 0 Å². The Balaban J connectivity index is 1.36. The van der Waals surface area contributed by atoms with Crippen molar-refractivity contribution in [3.05, 3.63) is 100 Å². The first-order valence-electron chi connectivity index (χ1n) is 14.0. The standard InChI is InChI=1S/C34H39F3/c1-3-5-6-8-26-14-21-30(32(35)23-26)27-15-11-25(12-16-27)13-19-29-20-22-31(34(37)33(29)36)28-17-9-24(7-4-2)10-18-28/h9-10,13-14,17-23,25,27H,3-8,11-12,15-16H2,1-2H3. The summed E-state index contributed by atoms with van der Waals surface area (Å²) in [7, 11) is 0. The minimum Gasteiger partial charge on any atom is -0.207 e. The smallest absolute Gasteiger partial charge is 0.167 e. The van der Waals surface area contributed by atoms with Gasteiger partial charge in [-0.3, -0.25) is 0 Å². The van der Waals surface area contributed by atoms with E-state index in [-0.39, 0.29) is 22.9 Å². The van der Waals surface area contributed by atoms with Crippen LogP contribution >= 0.6 is 0 Å². The van der Waals surface area contributed by atoms with Crippen LogP contribution in [0, 0.1) is 23.4 Å². The van der Waals surface area contributed by atoms with Gasteiger partial charge in [-0.15, -0.1) is 0 Å². The molecule has 1 aliphatic carbocycles. The van der Waals surface area contributed by atoms with E-state index in [1.807, 2.05) is 36.4 Å². The van der Waals surface area contributed by atoms with Crippen molar-refractivity contribution in [1.29, 1.82) is 0 Å². The van der Waals surface area contributed by atoms with Crippen LogP contribution in [-0.2, 0) is 12.8 Å². The number of rotatable bonds is 10. The van der Waals surface area contributed by atoms with Crippen LogP contribution in [0.1, 0.15) is 93.4 Å². The molecule has 0 aliphatic heterocycles. The van der Waals surface area contributed by atoms with E-state index in [0.29, 0.717) is 11.5 Å². The zero-order valence-corrected chi connectivity index (χ0v) is 22.2. The van der Waals surface area contributed by atoms with E-state index in [4.69, 9.17) is 0 Å². The maximum atomic E-state index is 14.9. The lowest BCUT2D eigenvalue weighted by atomic mass is 9.78. The monoisotopic (exact) mass is 504 g/mol. The highest BCUT2D eigenvalue weighted by Crippen LogP contribution is 2.38. The Hall–Kier alpha value is -2.81. The number of unbranched alkanes of at least 4 members (excludes halogenated alkanes) is 2. The molecule has 0 amide bonds. The average molecular weight is 505 g/mol. The van der Waals surface area contributed by atoms with Crippen molar-refractivity contribution in [3.8, 4) is 11.1 Å². The van der Waals surface area contributed by atoms with Crippen LogP contribution in [0.25, 0.3) is 17.2 Å². The normalized spacial score (nSPS) is 18.0. The lowest BCUT2D eigenvalue weighted by Crippen LogP contribution is -2.13. The van der Waals surface area contributed by atoms with Gasteiger partial charge < -0.3 is 0 Å². The van der Waals surface area contributed by atoms with Crippen molar-refractivity contribution >= 4 is 6.08 Å². The number of halogens is 3. The molecule has 0 nitrogen and oxygen atoms in total. The maximum Gasteiger partial charge on any atom is 0.167 e. The van der Waals surface area contributed by atoms with Gasteiger partial charge in [0.15, 0.2) is 11.6 Å².